The number of hydrogen-bond donors (Lipinski definition) is 2. The van der Waals surface area contributed by atoms with Crippen LogP contribution in [0.15, 0.2) is 48.7 Å². The van der Waals surface area contributed by atoms with Gasteiger partial charge in [0.25, 0.3) is 5.91 Å². The Morgan fingerprint density at radius 2 is 2.00 bits per heavy atom. The van der Waals surface area contributed by atoms with Crippen LogP contribution in [0.3, 0.4) is 0 Å². The van der Waals surface area contributed by atoms with Gasteiger partial charge in [-0.2, -0.15) is 5.10 Å². The van der Waals surface area contributed by atoms with Crippen LogP contribution in [0.4, 0.5) is 10.1 Å². The van der Waals surface area contributed by atoms with Crippen molar-refractivity contribution in [2.75, 3.05) is 5.32 Å². The maximum atomic E-state index is 13.5. The molecule has 0 radical (unpaired) electrons. The van der Waals surface area contributed by atoms with Gasteiger partial charge in [0.05, 0.1) is 23.0 Å². The lowest BCUT2D eigenvalue weighted by Gasteiger charge is -2.06. The first-order chi connectivity index (χ1) is 9.25. The lowest BCUT2D eigenvalue weighted by Crippen LogP contribution is -2.13. The minimum absolute atomic E-state index is 0.0130. The molecule has 94 valence electrons. The highest BCUT2D eigenvalue weighted by Gasteiger charge is 2.12. The predicted octanol–water partition coefficient (Wildman–Crippen LogP) is 2.95. The summed E-state index contributed by atoms with van der Waals surface area (Å²) in [7, 11) is 0. The van der Waals surface area contributed by atoms with Gasteiger partial charge in [-0.1, -0.05) is 24.3 Å². The number of halogens is 1. The Labute approximate surface area is 108 Å². The summed E-state index contributed by atoms with van der Waals surface area (Å²) in [6, 6.07) is 11.3. The van der Waals surface area contributed by atoms with Gasteiger partial charge in [-0.25, -0.2) is 4.39 Å². The van der Waals surface area contributed by atoms with Crippen LogP contribution in [-0.2, 0) is 0 Å². The van der Waals surface area contributed by atoms with Crippen LogP contribution >= 0.6 is 0 Å². The van der Waals surface area contributed by atoms with E-state index in [1.807, 2.05) is 6.07 Å². The van der Waals surface area contributed by atoms with E-state index in [0.29, 0.717) is 11.2 Å². The van der Waals surface area contributed by atoms with Crippen LogP contribution in [0.25, 0.3) is 10.9 Å². The molecule has 19 heavy (non-hydrogen) atoms. The molecule has 2 aromatic carbocycles. The van der Waals surface area contributed by atoms with E-state index in [0.717, 1.165) is 5.39 Å². The Kier molecular flexibility index (Phi) is 2.72. The molecule has 0 aliphatic rings. The van der Waals surface area contributed by atoms with Crippen molar-refractivity contribution >= 4 is 22.5 Å². The zero-order valence-corrected chi connectivity index (χ0v) is 9.85. The van der Waals surface area contributed by atoms with Crippen molar-refractivity contribution in [2.45, 2.75) is 0 Å². The van der Waals surface area contributed by atoms with E-state index in [4.69, 9.17) is 0 Å². The Balaban J connectivity index is 1.95. The number of carbonyl (C=O) groups excluding carboxylic acids is 1. The Hall–Kier alpha value is -2.69. The molecule has 1 amide bonds. The third-order valence-corrected chi connectivity index (χ3v) is 2.84. The zero-order valence-electron chi connectivity index (χ0n) is 9.85. The minimum atomic E-state index is -0.545. The van der Waals surface area contributed by atoms with Gasteiger partial charge in [-0.15, -0.1) is 0 Å². The molecule has 0 fully saturated rings. The number of benzene rings is 2. The standard InChI is InChI=1S/C14H10FN3O/c15-11-6-2-1-5-10(11)14(19)17-12-7-3-4-9-8-16-18-13(9)12/h1-8H,(H,16,18)(H,17,19). The average molecular weight is 255 g/mol. The highest BCUT2D eigenvalue weighted by atomic mass is 19.1. The first kappa shape index (κ1) is 11.4. The molecule has 1 aromatic heterocycles. The van der Waals surface area contributed by atoms with Crippen molar-refractivity contribution in [3.8, 4) is 0 Å². The number of anilines is 1. The summed E-state index contributed by atoms with van der Waals surface area (Å²) in [5.74, 6) is -1.03. The molecule has 0 saturated carbocycles. The van der Waals surface area contributed by atoms with Gasteiger partial charge in [-0.3, -0.25) is 9.89 Å². The van der Waals surface area contributed by atoms with E-state index in [-0.39, 0.29) is 5.56 Å². The predicted molar refractivity (Wildman–Crippen MR) is 70.4 cm³/mol. The molecular weight excluding hydrogens is 245 g/mol. The second-order valence-electron chi connectivity index (χ2n) is 4.07. The summed E-state index contributed by atoms with van der Waals surface area (Å²) in [5.41, 5.74) is 1.30. The SMILES string of the molecule is O=C(Nc1cccc2cn[nH]c12)c1ccccc1F. The van der Waals surface area contributed by atoms with Crippen molar-refractivity contribution in [3.05, 3.63) is 60.0 Å². The van der Waals surface area contributed by atoms with Crippen LogP contribution < -0.4 is 5.32 Å². The van der Waals surface area contributed by atoms with Gasteiger partial charge in [0.2, 0.25) is 0 Å². The third kappa shape index (κ3) is 2.06. The molecule has 1 heterocycles. The topological polar surface area (TPSA) is 57.8 Å². The maximum Gasteiger partial charge on any atom is 0.258 e. The smallest absolute Gasteiger partial charge is 0.258 e. The van der Waals surface area contributed by atoms with Crippen molar-refractivity contribution in [1.82, 2.24) is 10.2 Å². The summed E-state index contributed by atoms with van der Waals surface area (Å²) >= 11 is 0. The molecule has 0 aliphatic carbocycles. The lowest BCUT2D eigenvalue weighted by molar-refractivity contribution is 0.102. The Morgan fingerprint density at radius 1 is 1.16 bits per heavy atom. The highest BCUT2D eigenvalue weighted by molar-refractivity contribution is 6.08. The minimum Gasteiger partial charge on any atom is -0.320 e. The molecule has 0 unspecified atom stereocenters. The molecule has 3 aromatic rings. The highest BCUT2D eigenvalue weighted by Crippen LogP contribution is 2.21. The quantitative estimate of drug-likeness (QED) is 0.739. The van der Waals surface area contributed by atoms with E-state index < -0.39 is 11.7 Å². The second-order valence-corrected chi connectivity index (χ2v) is 4.07. The van der Waals surface area contributed by atoms with Crippen LogP contribution in [0.2, 0.25) is 0 Å². The van der Waals surface area contributed by atoms with E-state index in [2.05, 4.69) is 15.5 Å². The summed E-state index contributed by atoms with van der Waals surface area (Å²) in [4.78, 5) is 12.0. The first-order valence-corrected chi connectivity index (χ1v) is 5.73. The van der Waals surface area contributed by atoms with Crippen molar-refractivity contribution in [2.24, 2.45) is 0 Å². The fourth-order valence-corrected chi connectivity index (χ4v) is 1.91. The molecule has 3 rings (SSSR count). The molecule has 0 bridgehead atoms. The Morgan fingerprint density at radius 3 is 2.84 bits per heavy atom. The van der Waals surface area contributed by atoms with Crippen LogP contribution in [0, 0.1) is 5.82 Å². The normalized spacial score (nSPS) is 10.6. The van der Waals surface area contributed by atoms with Gasteiger partial charge >= 0.3 is 0 Å². The van der Waals surface area contributed by atoms with Gasteiger partial charge < -0.3 is 5.32 Å². The summed E-state index contributed by atoms with van der Waals surface area (Å²) in [6.07, 6.45) is 1.66. The number of fused-ring (bicyclic) bond motifs is 1. The zero-order chi connectivity index (χ0) is 13.2. The number of rotatable bonds is 2. The van der Waals surface area contributed by atoms with Crippen molar-refractivity contribution in [3.63, 3.8) is 0 Å². The van der Waals surface area contributed by atoms with E-state index in [1.165, 1.54) is 12.1 Å². The van der Waals surface area contributed by atoms with Gasteiger partial charge in [0.15, 0.2) is 0 Å². The van der Waals surface area contributed by atoms with Crippen LogP contribution in [0.5, 0.6) is 0 Å². The molecule has 0 spiro atoms. The van der Waals surface area contributed by atoms with Crippen molar-refractivity contribution in [1.29, 1.82) is 0 Å². The summed E-state index contributed by atoms with van der Waals surface area (Å²) < 4.78 is 13.5. The summed E-state index contributed by atoms with van der Waals surface area (Å²) in [5, 5.41) is 10.3. The average Bonchev–Trinajstić information content (AvgIpc) is 2.88. The van der Waals surface area contributed by atoms with Crippen LogP contribution in [-0.4, -0.2) is 16.1 Å². The molecule has 0 atom stereocenters. The number of nitrogens with zero attached hydrogens (tertiary/aromatic N) is 1. The molecule has 2 N–H and O–H groups in total. The number of H-pyrrole nitrogens is 1. The fraction of sp³-hybridized carbons (Fsp3) is 0. The number of aromatic nitrogens is 2. The van der Waals surface area contributed by atoms with Gasteiger partial charge in [-0.05, 0) is 18.2 Å². The van der Waals surface area contributed by atoms with Gasteiger partial charge in [0.1, 0.15) is 5.82 Å². The lowest BCUT2D eigenvalue weighted by atomic mass is 10.2. The number of nitrogens with one attached hydrogen (secondary N) is 2. The Bertz CT molecular complexity index is 751. The van der Waals surface area contributed by atoms with Gasteiger partial charge in [0, 0.05) is 5.39 Å². The number of hydrogen-bond acceptors (Lipinski definition) is 2. The second kappa shape index (κ2) is 4.53. The maximum absolute atomic E-state index is 13.5. The number of carbonyl (C=O) groups is 1. The molecule has 4 nitrogen and oxygen atoms in total. The molecular formula is C14H10FN3O. The van der Waals surface area contributed by atoms with E-state index in [1.54, 1.807) is 30.5 Å². The molecule has 0 aliphatic heterocycles. The summed E-state index contributed by atoms with van der Waals surface area (Å²) in [6.45, 7) is 0. The van der Waals surface area contributed by atoms with E-state index >= 15 is 0 Å². The number of amides is 1. The van der Waals surface area contributed by atoms with Crippen molar-refractivity contribution < 1.29 is 9.18 Å². The largest absolute Gasteiger partial charge is 0.320 e. The number of para-hydroxylation sites is 1. The fourth-order valence-electron chi connectivity index (χ4n) is 1.91. The number of aromatic amines is 1. The third-order valence-electron chi connectivity index (χ3n) is 2.84. The molecule has 0 saturated heterocycles. The van der Waals surface area contributed by atoms with Crippen LogP contribution in [0.1, 0.15) is 10.4 Å². The molecule has 5 heteroatoms. The monoisotopic (exact) mass is 255 g/mol. The first-order valence-electron chi connectivity index (χ1n) is 5.73. The van der Waals surface area contributed by atoms with E-state index in [9.17, 15) is 9.18 Å².